The molecule has 0 fully saturated rings. The zero-order chi connectivity index (χ0) is 17.7. The number of ether oxygens (including phenoxy) is 1. The zero-order valence-corrected chi connectivity index (χ0v) is 15.3. The summed E-state index contributed by atoms with van der Waals surface area (Å²) in [5.41, 5.74) is 1.15. The molecule has 5 nitrogen and oxygen atoms in total. The first-order valence-electron chi connectivity index (χ1n) is 8.99. The van der Waals surface area contributed by atoms with Gasteiger partial charge >= 0.3 is 0 Å². The van der Waals surface area contributed by atoms with Crippen LogP contribution in [0, 0.1) is 0 Å². The lowest BCUT2D eigenvalue weighted by atomic mass is 10.2. The summed E-state index contributed by atoms with van der Waals surface area (Å²) in [5.74, 6) is 2.69. The van der Waals surface area contributed by atoms with E-state index in [9.17, 15) is 0 Å². The molecule has 1 aromatic carbocycles. The van der Waals surface area contributed by atoms with Crippen molar-refractivity contribution in [1.29, 1.82) is 0 Å². The molecule has 0 saturated heterocycles. The first kappa shape index (κ1) is 18.9. The zero-order valence-electron chi connectivity index (χ0n) is 15.3. The first-order chi connectivity index (χ1) is 12.3. The van der Waals surface area contributed by atoms with Gasteiger partial charge in [0.15, 0.2) is 5.96 Å². The molecule has 1 aromatic heterocycles. The number of furan rings is 1. The second kappa shape index (κ2) is 11.2. The van der Waals surface area contributed by atoms with E-state index in [4.69, 9.17) is 9.15 Å². The molecular formula is C20H29N3O2. The molecule has 0 spiro atoms. The first-order valence-corrected chi connectivity index (χ1v) is 8.99. The van der Waals surface area contributed by atoms with Crippen molar-refractivity contribution in [2.24, 2.45) is 4.99 Å². The van der Waals surface area contributed by atoms with Crippen LogP contribution in [0.2, 0.25) is 0 Å². The number of aliphatic imine (C=N–C) groups is 1. The summed E-state index contributed by atoms with van der Waals surface area (Å²) in [4.78, 5) is 4.69. The molecule has 0 aliphatic heterocycles. The Morgan fingerprint density at radius 3 is 2.56 bits per heavy atom. The largest absolute Gasteiger partial charge is 0.497 e. The second-order valence-corrected chi connectivity index (χ2v) is 5.90. The van der Waals surface area contributed by atoms with E-state index in [1.807, 2.05) is 36.4 Å². The van der Waals surface area contributed by atoms with Crippen LogP contribution in [0.5, 0.6) is 5.75 Å². The van der Waals surface area contributed by atoms with Crippen molar-refractivity contribution >= 4 is 5.96 Å². The number of guanidine groups is 1. The molecule has 0 aliphatic carbocycles. The summed E-state index contributed by atoms with van der Waals surface area (Å²) in [6, 6.07) is 11.9. The van der Waals surface area contributed by atoms with Crippen molar-refractivity contribution in [2.75, 3.05) is 20.2 Å². The third-order valence-electron chi connectivity index (χ3n) is 3.90. The molecule has 0 unspecified atom stereocenters. The van der Waals surface area contributed by atoms with Gasteiger partial charge in [0.25, 0.3) is 0 Å². The van der Waals surface area contributed by atoms with Gasteiger partial charge in [0.2, 0.25) is 0 Å². The summed E-state index contributed by atoms with van der Waals surface area (Å²) in [5, 5.41) is 6.79. The van der Waals surface area contributed by atoms with Crippen LogP contribution in [0.3, 0.4) is 0 Å². The van der Waals surface area contributed by atoms with E-state index in [-0.39, 0.29) is 0 Å². The highest BCUT2D eigenvalue weighted by molar-refractivity contribution is 5.79. The number of nitrogens with zero attached hydrogens (tertiary/aromatic N) is 1. The van der Waals surface area contributed by atoms with E-state index < -0.39 is 0 Å². The maximum Gasteiger partial charge on any atom is 0.191 e. The lowest BCUT2D eigenvalue weighted by Crippen LogP contribution is -2.39. The van der Waals surface area contributed by atoms with Crippen molar-refractivity contribution in [2.45, 2.75) is 39.2 Å². The molecule has 0 atom stereocenters. The number of unbranched alkanes of at least 4 members (excludes halogenated alkanes) is 2. The smallest absolute Gasteiger partial charge is 0.191 e. The van der Waals surface area contributed by atoms with Gasteiger partial charge in [-0.25, -0.2) is 4.99 Å². The lowest BCUT2D eigenvalue weighted by Gasteiger charge is -2.12. The van der Waals surface area contributed by atoms with Gasteiger partial charge in [-0.1, -0.05) is 31.9 Å². The fraction of sp³-hybridized carbons (Fsp3) is 0.450. The van der Waals surface area contributed by atoms with Crippen LogP contribution >= 0.6 is 0 Å². The van der Waals surface area contributed by atoms with Crippen LogP contribution in [0.15, 0.2) is 52.1 Å². The molecule has 25 heavy (non-hydrogen) atoms. The Labute approximate surface area is 150 Å². The lowest BCUT2D eigenvalue weighted by molar-refractivity contribution is 0.414. The molecule has 2 N–H and O–H groups in total. The van der Waals surface area contributed by atoms with Gasteiger partial charge in [-0.3, -0.25) is 0 Å². The fourth-order valence-electron chi connectivity index (χ4n) is 2.42. The number of benzene rings is 1. The topological polar surface area (TPSA) is 58.8 Å². The SMILES string of the molecule is CCCCCNC(=NCc1ccc(OC)cc1)NCCc1ccco1. The molecule has 0 aliphatic rings. The molecule has 0 bridgehead atoms. The highest BCUT2D eigenvalue weighted by atomic mass is 16.5. The van der Waals surface area contributed by atoms with Crippen LogP contribution in [0.1, 0.15) is 37.5 Å². The highest BCUT2D eigenvalue weighted by Crippen LogP contribution is 2.11. The molecule has 2 aromatic rings. The van der Waals surface area contributed by atoms with Crippen molar-refractivity contribution < 1.29 is 9.15 Å². The normalized spacial score (nSPS) is 11.4. The Hall–Kier alpha value is -2.43. The average Bonchev–Trinajstić information content (AvgIpc) is 3.16. The van der Waals surface area contributed by atoms with Crippen molar-refractivity contribution in [3.63, 3.8) is 0 Å². The van der Waals surface area contributed by atoms with Gasteiger partial charge in [-0.15, -0.1) is 0 Å². The van der Waals surface area contributed by atoms with E-state index in [2.05, 4.69) is 22.5 Å². The Kier molecular flexibility index (Phi) is 8.45. The summed E-state index contributed by atoms with van der Waals surface area (Å²) in [6.45, 7) is 4.56. The Balaban J connectivity index is 1.86. The Morgan fingerprint density at radius 1 is 1.08 bits per heavy atom. The van der Waals surface area contributed by atoms with E-state index in [0.29, 0.717) is 6.54 Å². The molecule has 0 saturated carbocycles. The third kappa shape index (κ3) is 7.33. The average molecular weight is 343 g/mol. The van der Waals surface area contributed by atoms with Crippen LogP contribution in [-0.2, 0) is 13.0 Å². The molecule has 1 heterocycles. The summed E-state index contributed by atoms with van der Waals surface area (Å²) >= 11 is 0. The summed E-state index contributed by atoms with van der Waals surface area (Å²) < 4.78 is 10.6. The number of rotatable bonds is 10. The molecular weight excluding hydrogens is 314 g/mol. The number of hydrogen-bond donors (Lipinski definition) is 2. The van der Waals surface area contributed by atoms with Crippen molar-refractivity contribution in [3.8, 4) is 5.75 Å². The molecule has 136 valence electrons. The Morgan fingerprint density at radius 2 is 1.88 bits per heavy atom. The maximum absolute atomic E-state index is 5.37. The standard InChI is InChI=1S/C20H29N3O2/c1-3-4-5-13-21-20(22-14-12-19-7-6-15-25-19)23-16-17-8-10-18(24-2)11-9-17/h6-11,15H,3-5,12-14,16H2,1-2H3,(H2,21,22,23). The highest BCUT2D eigenvalue weighted by Gasteiger charge is 2.01. The predicted molar refractivity (Wildman–Crippen MR) is 102 cm³/mol. The van der Waals surface area contributed by atoms with Gasteiger partial charge < -0.3 is 19.8 Å². The van der Waals surface area contributed by atoms with Crippen LogP contribution in [-0.4, -0.2) is 26.2 Å². The quantitative estimate of drug-likeness (QED) is 0.392. The fourth-order valence-corrected chi connectivity index (χ4v) is 2.42. The number of methoxy groups -OCH3 is 1. The predicted octanol–water partition coefficient (Wildman–Crippen LogP) is 3.76. The van der Waals surface area contributed by atoms with Gasteiger partial charge in [-0.2, -0.15) is 0 Å². The van der Waals surface area contributed by atoms with Crippen LogP contribution < -0.4 is 15.4 Å². The molecule has 0 amide bonds. The van der Waals surface area contributed by atoms with Gasteiger partial charge in [0.05, 0.1) is 19.9 Å². The second-order valence-electron chi connectivity index (χ2n) is 5.90. The minimum absolute atomic E-state index is 0.633. The van der Waals surface area contributed by atoms with Crippen LogP contribution in [0.25, 0.3) is 0 Å². The van der Waals surface area contributed by atoms with E-state index in [1.165, 1.54) is 12.8 Å². The van der Waals surface area contributed by atoms with Crippen molar-refractivity contribution in [1.82, 2.24) is 10.6 Å². The molecule has 0 radical (unpaired) electrons. The minimum atomic E-state index is 0.633. The summed E-state index contributed by atoms with van der Waals surface area (Å²) in [7, 11) is 1.68. The van der Waals surface area contributed by atoms with Gasteiger partial charge in [0.1, 0.15) is 11.5 Å². The molecule has 5 heteroatoms. The maximum atomic E-state index is 5.37. The van der Waals surface area contributed by atoms with Crippen LogP contribution in [0.4, 0.5) is 0 Å². The monoisotopic (exact) mass is 343 g/mol. The Bertz CT molecular complexity index is 606. The van der Waals surface area contributed by atoms with E-state index in [1.54, 1.807) is 13.4 Å². The third-order valence-corrected chi connectivity index (χ3v) is 3.90. The van der Waals surface area contributed by atoms with E-state index in [0.717, 1.165) is 49.0 Å². The van der Waals surface area contributed by atoms with Crippen molar-refractivity contribution in [3.05, 3.63) is 54.0 Å². The van der Waals surface area contributed by atoms with Gasteiger partial charge in [-0.05, 0) is 36.2 Å². The number of hydrogen-bond acceptors (Lipinski definition) is 3. The molecule has 2 rings (SSSR count). The minimum Gasteiger partial charge on any atom is -0.497 e. The van der Waals surface area contributed by atoms with Gasteiger partial charge in [0, 0.05) is 19.5 Å². The summed E-state index contributed by atoms with van der Waals surface area (Å²) in [6.07, 6.45) is 6.14. The number of nitrogens with one attached hydrogen (secondary N) is 2. The van der Waals surface area contributed by atoms with E-state index >= 15 is 0 Å².